The van der Waals surface area contributed by atoms with Crippen LogP contribution < -0.4 is 5.73 Å². The fraction of sp³-hybridized carbons (Fsp3) is 0. The number of aromatic nitrogens is 1. The minimum atomic E-state index is 0.527. The number of anilines is 1. The summed E-state index contributed by atoms with van der Waals surface area (Å²) in [5.74, 6) is 0.527. The first-order valence-electron chi connectivity index (χ1n) is 6.44. The second-order valence-corrected chi connectivity index (χ2v) is 4.78. The van der Waals surface area contributed by atoms with Crippen LogP contribution in [0.5, 0.6) is 0 Å². The summed E-state index contributed by atoms with van der Waals surface area (Å²) in [6.07, 6.45) is 1.72. The Hall–Kier alpha value is -2.81. The van der Waals surface area contributed by atoms with Gasteiger partial charge in [0.05, 0.1) is 0 Å². The number of hydrogen-bond donors (Lipinski definition) is 1. The van der Waals surface area contributed by atoms with Crippen molar-refractivity contribution < 1.29 is 4.42 Å². The quantitative estimate of drug-likeness (QED) is 0.557. The average Bonchev–Trinajstić information content (AvgIpc) is 2.85. The minimum absolute atomic E-state index is 0.527. The van der Waals surface area contributed by atoms with Crippen LogP contribution in [-0.4, -0.2) is 4.98 Å². The third kappa shape index (κ3) is 1.64. The highest BCUT2D eigenvalue weighted by molar-refractivity contribution is 6.06. The molecule has 0 saturated heterocycles. The maximum atomic E-state index is 5.83. The number of para-hydroxylation sites is 1. The molecule has 0 bridgehead atoms. The summed E-state index contributed by atoms with van der Waals surface area (Å²) in [6, 6.07) is 18.1. The van der Waals surface area contributed by atoms with Crippen molar-refractivity contribution >= 4 is 27.8 Å². The molecule has 2 aromatic heterocycles. The number of benzene rings is 2. The largest absolute Gasteiger partial charge is 0.456 e. The molecule has 0 unspecified atom stereocenters. The van der Waals surface area contributed by atoms with Gasteiger partial charge in [0.1, 0.15) is 17.0 Å². The molecule has 0 amide bonds. The van der Waals surface area contributed by atoms with Crippen molar-refractivity contribution in [1.82, 2.24) is 4.98 Å². The third-order valence-corrected chi connectivity index (χ3v) is 3.49. The van der Waals surface area contributed by atoms with Gasteiger partial charge in [0.15, 0.2) is 0 Å². The summed E-state index contributed by atoms with van der Waals surface area (Å²) in [5, 5.41) is 2.25. The first-order valence-corrected chi connectivity index (χ1v) is 6.44. The molecule has 4 rings (SSSR count). The Morgan fingerprint density at radius 2 is 1.60 bits per heavy atom. The number of rotatable bonds is 1. The summed E-state index contributed by atoms with van der Waals surface area (Å²) in [7, 11) is 0. The van der Waals surface area contributed by atoms with E-state index in [0.717, 1.165) is 33.1 Å². The lowest BCUT2D eigenvalue weighted by atomic mass is 10.0. The van der Waals surface area contributed by atoms with E-state index in [9.17, 15) is 0 Å². The van der Waals surface area contributed by atoms with Crippen molar-refractivity contribution in [2.45, 2.75) is 0 Å². The predicted molar refractivity (Wildman–Crippen MR) is 81.4 cm³/mol. The smallest absolute Gasteiger partial charge is 0.135 e. The molecule has 0 aliphatic rings. The van der Waals surface area contributed by atoms with Crippen LogP contribution in [0.15, 0.2) is 65.2 Å². The predicted octanol–water partition coefficient (Wildman–Crippen LogP) is 4.23. The second kappa shape index (κ2) is 4.10. The number of pyridine rings is 1. The average molecular weight is 260 g/mol. The normalized spacial score (nSPS) is 11.2. The molecule has 0 aliphatic carbocycles. The zero-order valence-corrected chi connectivity index (χ0v) is 10.7. The van der Waals surface area contributed by atoms with Gasteiger partial charge in [-0.1, -0.05) is 24.3 Å². The van der Waals surface area contributed by atoms with E-state index >= 15 is 0 Å². The Labute approximate surface area is 115 Å². The summed E-state index contributed by atoms with van der Waals surface area (Å²) >= 11 is 0. The van der Waals surface area contributed by atoms with Gasteiger partial charge < -0.3 is 10.2 Å². The fourth-order valence-electron chi connectivity index (χ4n) is 2.53. The Morgan fingerprint density at radius 1 is 0.800 bits per heavy atom. The molecule has 4 aromatic rings. The molecule has 3 nitrogen and oxygen atoms in total. The highest BCUT2D eigenvalue weighted by Crippen LogP contribution is 2.32. The molecular formula is C17H12N2O. The van der Waals surface area contributed by atoms with Gasteiger partial charge in [-0.05, 0) is 41.5 Å². The Balaban J connectivity index is 2.00. The Bertz CT molecular complexity index is 924. The Morgan fingerprint density at radius 3 is 2.50 bits per heavy atom. The van der Waals surface area contributed by atoms with E-state index in [-0.39, 0.29) is 0 Å². The lowest BCUT2D eigenvalue weighted by Crippen LogP contribution is -1.89. The van der Waals surface area contributed by atoms with E-state index in [1.807, 2.05) is 42.5 Å². The molecule has 0 radical (unpaired) electrons. The molecule has 96 valence electrons. The van der Waals surface area contributed by atoms with Crippen molar-refractivity contribution in [3.8, 4) is 11.1 Å². The molecule has 2 N–H and O–H groups in total. The van der Waals surface area contributed by atoms with Crippen LogP contribution >= 0.6 is 0 Å². The topological polar surface area (TPSA) is 52.0 Å². The molecule has 0 fully saturated rings. The van der Waals surface area contributed by atoms with E-state index in [2.05, 4.69) is 17.1 Å². The highest BCUT2D eigenvalue weighted by Gasteiger charge is 2.07. The molecule has 3 heteroatoms. The third-order valence-electron chi connectivity index (χ3n) is 3.49. The van der Waals surface area contributed by atoms with Crippen LogP contribution in [0.1, 0.15) is 0 Å². The number of nitrogens with two attached hydrogens (primary N) is 1. The van der Waals surface area contributed by atoms with Gasteiger partial charge in [-0.2, -0.15) is 0 Å². The van der Waals surface area contributed by atoms with Crippen molar-refractivity contribution in [1.29, 1.82) is 0 Å². The first kappa shape index (κ1) is 11.1. The molecule has 0 spiro atoms. The molecule has 0 saturated carbocycles. The lowest BCUT2D eigenvalue weighted by Gasteiger charge is -2.02. The van der Waals surface area contributed by atoms with Gasteiger partial charge in [0, 0.05) is 17.0 Å². The highest BCUT2D eigenvalue weighted by atomic mass is 16.3. The maximum absolute atomic E-state index is 5.83. The van der Waals surface area contributed by atoms with Crippen molar-refractivity contribution in [3.63, 3.8) is 0 Å². The Kier molecular flexibility index (Phi) is 2.27. The number of hydrogen-bond acceptors (Lipinski definition) is 3. The number of nitrogens with zero attached hydrogens (tertiary/aromatic N) is 1. The van der Waals surface area contributed by atoms with E-state index in [1.165, 1.54) is 0 Å². The van der Waals surface area contributed by atoms with E-state index < -0.39 is 0 Å². The van der Waals surface area contributed by atoms with Crippen LogP contribution in [0.25, 0.3) is 33.1 Å². The monoisotopic (exact) mass is 260 g/mol. The van der Waals surface area contributed by atoms with E-state index in [0.29, 0.717) is 5.82 Å². The fourth-order valence-corrected chi connectivity index (χ4v) is 2.53. The standard InChI is InChI=1S/C17H12N2O/c18-17-10-12(7-8-19-17)11-5-6-16-14(9-11)13-3-1-2-4-15(13)20-16/h1-10H,(H2,18,19). The van der Waals surface area contributed by atoms with Crippen LogP contribution in [0.3, 0.4) is 0 Å². The van der Waals surface area contributed by atoms with Gasteiger partial charge in [-0.25, -0.2) is 4.98 Å². The number of fused-ring (bicyclic) bond motifs is 3. The van der Waals surface area contributed by atoms with Crippen molar-refractivity contribution in [2.24, 2.45) is 0 Å². The minimum Gasteiger partial charge on any atom is -0.456 e. The summed E-state index contributed by atoms with van der Waals surface area (Å²) < 4.78 is 5.83. The van der Waals surface area contributed by atoms with Gasteiger partial charge in [-0.15, -0.1) is 0 Å². The summed E-state index contributed by atoms with van der Waals surface area (Å²) in [6.45, 7) is 0. The van der Waals surface area contributed by atoms with Gasteiger partial charge in [0.2, 0.25) is 0 Å². The zero-order chi connectivity index (χ0) is 13.5. The molecule has 20 heavy (non-hydrogen) atoms. The lowest BCUT2D eigenvalue weighted by molar-refractivity contribution is 0.669. The molecule has 2 aromatic carbocycles. The van der Waals surface area contributed by atoms with Crippen LogP contribution in [0.2, 0.25) is 0 Å². The molecule has 2 heterocycles. The SMILES string of the molecule is Nc1cc(-c2ccc3oc4ccccc4c3c2)ccn1. The van der Waals surface area contributed by atoms with Crippen molar-refractivity contribution in [3.05, 3.63) is 60.8 Å². The number of nitrogen functional groups attached to an aromatic ring is 1. The molecular weight excluding hydrogens is 248 g/mol. The van der Waals surface area contributed by atoms with E-state index in [4.69, 9.17) is 10.2 Å². The summed E-state index contributed by atoms with van der Waals surface area (Å²) in [4.78, 5) is 4.03. The van der Waals surface area contributed by atoms with Crippen LogP contribution in [0, 0.1) is 0 Å². The zero-order valence-electron chi connectivity index (χ0n) is 10.7. The van der Waals surface area contributed by atoms with Crippen LogP contribution in [-0.2, 0) is 0 Å². The second-order valence-electron chi connectivity index (χ2n) is 4.78. The molecule has 0 atom stereocenters. The van der Waals surface area contributed by atoms with Gasteiger partial charge >= 0.3 is 0 Å². The van der Waals surface area contributed by atoms with E-state index in [1.54, 1.807) is 6.20 Å². The summed E-state index contributed by atoms with van der Waals surface area (Å²) in [5.41, 5.74) is 9.73. The van der Waals surface area contributed by atoms with Gasteiger partial charge in [-0.3, -0.25) is 0 Å². The van der Waals surface area contributed by atoms with Crippen molar-refractivity contribution in [2.75, 3.05) is 5.73 Å². The maximum Gasteiger partial charge on any atom is 0.135 e. The van der Waals surface area contributed by atoms with Gasteiger partial charge in [0.25, 0.3) is 0 Å². The number of furan rings is 1. The first-order chi connectivity index (χ1) is 9.81. The van der Waals surface area contributed by atoms with Crippen LogP contribution in [0.4, 0.5) is 5.82 Å². The molecule has 0 aliphatic heterocycles.